The molecule has 1 heterocycles. The van der Waals surface area contributed by atoms with Crippen LogP contribution in [0.25, 0.3) is 0 Å². The Kier molecular flexibility index (Phi) is 7.14. The van der Waals surface area contributed by atoms with Crippen molar-refractivity contribution in [1.82, 2.24) is 20.4 Å². The summed E-state index contributed by atoms with van der Waals surface area (Å²) in [6.07, 6.45) is 2.27. The van der Waals surface area contributed by atoms with Crippen molar-refractivity contribution in [2.75, 3.05) is 46.4 Å². The van der Waals surface area contributed by atoms with E-state index in [1.165, 1.54) is 5.56 Å². The topological polar surface area (TPSA) is 69.2 Å². The summed E-state index contributed by atoms with van der Waals surface area (Å²) >= 11 is 0. The molecular formula is C21H33N5O2. The second-order valence-electron chi connectivity index (χ2n) is 7.54. The minimum absolute atomic E-state index is 0.157. The number of carbonyl (C=O) groups excluding carboxylic acids is 1. The molecule has 3 rings (SSSR count). The highest BCUT2D eigenvalue weighted by molar-refractivity contribution is 5.80. The molecule has 0 unspecified atom stereocenters. The summed E-state index contributed by atoms with van der Waals surface area (Å²) in [5.41, 5.74) is 2.35. The Morgan fingerprint density at radius 1 is 1.25 bits per heavy atom. The van der Waals surface area contributed by atoms with Gasteiger partial charge in [-0.1, -0.05) is 12.1 Å². The Hall–Kier alpha value is -2.28. The Bertz CT molecular complexity index is 694. The lowest BCUT2D eigenvalue weighted by molar-refractivity contribution is -0.122. The Morgan fingerprint density at radius 2 is 2.00 bits per heavy atom. The molecule has 0 spiro atoms. The molecule has 2 fully saturated rings. The van der Waals surface area contributed by atoms with Crippen LogP contribution in [0.15, 0.2) is 23.2 Å². The number of hydrogen-bond donors (Lipinski definition) is 2. The number of benzene rings is 1. The van der Waals surface area contributed by atoms with E-state index in [1.54, 1.807) is 0 Å². The lowest BCUT2D eigenvalue weighted by Crippen LogP contribution is -2.54. The molecular weight excluding hydrogens is 354 g/mol. The molecule has 0 bridgehead atoms. The van der Waals surface area contributed by atoms with Gasteiger partial charge in [0.05, 0.1) is 13.2 Å². The SMILES string of the molecule is CCOc1ccc(CNC(=NC)N2CCN(CC(=O)NC3CC3)CC2)cc1C. The number of aryl methyl sites for hydroxylation is 1. The van der Waals surface area contributed by atoms with Crippen molar-refractivity contribution in [3.8, 4) is 5.75 Å². The number of nitrogens with one attached hydrogen (secondary N) is 2. The largest absolute Gasteiger partial charge is 0.494 e. The summed E-state index contributed by atoms with van der Waals surface area (Å²) in [6, 6.07) is 6.71. The van der Waals surface area contributed by atoms with Crippen molar-refractivity contribution in [3.05, 3.63) is 29.3 Å². The van der Waals surface area contributed by atoms with Gasteiger partial charge in [-0.25, -0.2) is 0 Å². The number of carbonyl (C=O) groups is 1. The normalized spacial score (nSPS) is 18.1. The van der Waals surface area contributed by atoms with Gasteiger partial charge in [-0.3, -0.25) is 14.7 Å². The van der Waals surface area contributed by atoms with Gasteiger partial charge in [0.15, 0.2) is 5.96 Å². The molecule has 1 saturated heterocycles. The fraction of sp³-hybridized carbons (Fsp3) is 0.619. The van der Waals surface area contributed by atoms with Crippen molar-refractivity contribution in [1.29, 1.82) is 0 Å². The van der Waals surface area contributed by atoms with Crippen LogP contribution in [0.2, 0.25) is 0 Å². The average Bonchev–Trinajstić information content (AvgIpc) is 3.49. The Morgan fingerprint density at radius 3 is 2.61 bits per heavy atom. The average molecular weight is 388 g/mol. The highest BCUT2D eigenvalue weighted by atomic mass is 16.5. The molecule has 0 aromatic heterocycles. The second-order valence-corrected chi connectivity index (χ2v) is 7.54. The fourth-order valence-electron chi connectivity index (χ4n) is 3.47. The van der Waals surface area contributed by atoms with Gasteiger partial charge < -0.3 is 20.3 Å². The van der Waals surface area contributed by atoms with E-state index in [1.807, 2.05) is 20.0 Å². The molecule has 1 aromatic rings. The van der Waals surface area contributed by atoms with Crippen molar-refractivity contribution in [3.63, 3.8) is 0 Å². The number of rotatable bonds is 7. The number of guanidine groups is 1. The van der Waals surface area contributed by atoms with Crippen LogP contribution in [0.4, 0.5) is 0 Å². The van der Waals surface area contributed by atoms with Crippen LogP contribution < -0.4 is 15.4 Å². The van der Waals surface area contributed by atoms with Gasteiger partial charge in [-0.2, -0.15) is 0 Å². The molecule has 1 aliphatic heterocycles. The molecule has 1 aliphatic carbocycles. The van der Waals surface area contributed by atoms with E-state index in [2.05, 4.69) is 44.5 Å². The quantitative estimate of drug-likeness (QED) is 0.546. The van der Waals surface area contributed by atoms with E-state index in [4.69, 9.17) is 4.74 Å². The molecule has 154 valence electrons. The summed E-state index contributed by atoms with van der Waals surface area (Å²) in [4.78, 5) is 20.9. The van der Waals surface area contributed by atoms with Crippen molar-refractivity contribution in [2.45, 2.75) is 39.3 Å². The number of ether oxygens (including phenoxy) is 1. The first-order valence-corrected chi connectivity index (χ1v) is 10.3. The van der Waals surface area contributed by atoms with E-state index < -0.39 is 0 Å². The van der Waals surface area contributed by atoms with Crippen molar-refractivity contribution < 1.29 is 9.53 Å². The molecule has 7 nitrogen and oxygen atoms in total. The lowest BCUT2D eigenvalue weighted by atomic mass is 10.1. The van der Waals surface area contributed by atoms with Crippen LogP contribution in [-0.2, 0) is 11.3 Å². The zero-order chi connectivity index (χ0) is 19.9. The summed E-state index contributed by atoms with van der Waals surface area (Å²) in [5.74, 6) is 2.01. The molecule has 1 amide bonds. The van der Waals surface area contributed by atoms with E-state index >= 15 is 0 Å². The maximum atomic E-state index is 12.0. The molecule has 7 heteroatoms. The van der Waals surface area contributed by atoms with Crippen molar-refractivity contribution in [2.24, 2.45) is 4.99 Å². The van der Waals surface area contributed by atoms with Gasteiger partial charge in [0, 0.05) is 45.8 Å². The van der Waals surface area contributed by atoms with Crippen molar-refractivity contribution >= 4 is 11.9 Å². The van der Waals surface area contributed by atoms with Crippen LogP contribution in [0.3, 0.4) is 0 Å². The fourth-order valence-corrected chi connectivity index (χ4v) is 3.47. The van der Waals surface area contributed by atoms with E-state index in [9.17, 15) is 4.79 Å². The van der Waals surface area contributed by atoms with Crippen LogP contribution in [0, 0.1) is 6.92 Å². The van der Waals surface area contributed by atoms with Crippen LogP contribution in [0.5, 0.6) is 5.75 Å². The summed E-state index contributed by atoms with van der Waals surface area (Å²) in [5, 5.41) is 6.52. The third kappa shape index (κ3) is 5.86. The minimum Gasteiger partial charge on any atom is -0.494 e. The van der Waals surface area contributed by atoms with Crippen LogP contribution in [0.1, 0.15) is 30.9 Å². The first-order chi connectivity index (χ1) is 13.6. The van der Waals surface area contributed by atoms with Crippen LogP contribution >= 0.6 is 0 Å². The predicted molar refractivity (Wildman–Crippen MR) is 112 cm³/mol. The van der Waals surface area contributed by atoms with Gasteiger partial charge >= 0.3 is 0 Å². The van der Waals surface area contributed by atoms with E-state index in [-0.39, 0.29) is 5.91 Å². The van der Waals surface area contributed by atoms with Gasteiger partial charge in [-0.05, 0) is 43.9 Å². The smallest absolute Gasteiger partial charge is 0.234 e. The maximum Gasteiger partial charge on any atom is 0.234 e. The van der Waals surface area contributed by atoms with E-state index in [0.717, 1.165) is 62.8 Å². The number of nitrogens with zero attached hydrogens (tertiary/aromatic N) is 3. The molecule has 28 heavy (non-hydrogen) atoms. The highest BCUT2D eigenvalue weighted by Gasteiger charge is 2.25. The highest BCUT2D eigenvalue weighted by Crippen LogP contribution is 2.19. The Balaban J connectivity index is 1.44. The Labute approximate surface area is 168 Å². The number of hydrogen-bond acceptors (Lipinski definition) is 4. The molecule has 1 saturated carbocycles. The summed E-state index contributed by atoms with van der Waals surface area (Å²) < 4.78 is 5.61. The standard InChI is InChI=1S/C21H33N5O2/c1-4-28-19-8-5-17(13-16(19)2)14-23-21(22-3)26-11-9-25(10-12-26)15-20(27)24-18-6-7-18/h5,8,13,18H,4,6-7,9-12,14-15H2,1-3H3,(H,22,23)(H,24,27). The summed E-state index contributed by atoms with van der Waals surface area (Å²) in [6.45, 7) is 9.48. The minimum atomic E-state index is 0.157. The summed E-state index contributed by atoms with van der Waals surface area (Å²) in [7, 11) is 1.82. The zero-order valence-electron chi connectivity index (χ0n) is 17.3. The number of amides is 1. The lowest BCUT2D eigenvalue weighted by Gasteiger charge is -2.36. The first kappa shape index (κ1) is 20.5. The van der Waals surface area contributed by atoms with Gasteiger partial charge in [0.2, 0.25) is 5.91 Å². The molecule has 2 aliphatic rings. The number of piperazine rings is 1. The second kappa shape index (κ2) is 9.78. The van der Waals surface area contributed by atoms with E-state index in [0.29, 0.717) is 19.2 Å². The van der Waals surface area contributed by atoms with Gasteiger partial charge in [0.1, 0.15) is 5.75 Å². The van der Waals surface area contributed by atoms with Gasteiger partial charge in [-0.15, -0.1) is 0 Å². The zero-order valence-corrected chi connectivity index (χ0v) is 17.3. The third-order valence-corrected chi connectivity index (χ3v) is 5.18. The third-order valence-electron chi connectivity index (χ3n) is 5.18. The maximum absolute atomic E-state index is 12.0. The monoisotopic (exact) mass is 387 g/mol. The molecule has 2 N–H and O–H groups in total. The first-order valence-electron chi connectivity index (χ1n) is 10.3. The molecule has 0 atom stereocenters. The molecule has 1 aromatic carbocycles. The molecule has 0 radical (unpaired) electrons. The van der Waals surface area contributed by atoms with Gasteiger partial charge in [0.25, 0.3) is 0 Å². The number of aliphatic imine (C=N–C) groups is 1. The predicted octanol–water partition coefficient (Wildman–Crippen LogP) is 1.37. The van der Waals surface area contributed by atoms with Crippen LogP contribution in [-0.4, -0.2) is 74.1 Å².